The van der Waals surface area contributed by atoms with Crippen molar-refractivity contribution in [2.45, 2.75) is 31.8 Å². The van der Waals surface area contributed by atoms with Gasteiger partial charge in [0.1, 0.15) is 4.88 Å². The summed E-state index contributed by atoms with van der Waals surface area (Å²) < 4.78 is 5.48. The van der Waals surface area contributed by atoms with Gasteiger partial charge in [-0.2, -0.15) is 0 Å². The number of carbonyl (C=O) groups is 1. The van der Waals surface area contributed by atoms with Gasteiger partial charge in [-0.3, -0.25) is 0 Å². The molecule has 1 aromatic rings. The van der Waals surface area contributed by atoms with Gasteiger partial charge in [0, 0.05) is 13.7 Å². The fraction of sp³-hybridized carbons (Fsp3) is 0.636. The first-order valence-corrected chi connectivity index (χ1v) is 6.38. The molecule has 2 N–H and O–H groups in total. The highest BCUT2D eigenvalue weighted by atomic mass is 32.1. The lowest BCUT2D eigenvalue weighted by Crippen LogP contribution is -2.45. The van der Waals surface area contributed by atoms with Gasteiger partial charge in [0.25, 0.3) is 0 Å². The molecule has 0 atom stereocenters. The average molecular weight is 256 g/mol. The van der Waals surface area contributed by atoms with Gasteiger partial charge >= 0.3 is 5.97 Å². The normalized spacial score (nSPS) is 17.5. The van der Waals surface area contributed by atoms with Crippen molar-refractivity contribution in [3.63, 3.8) is 0 Å². The zero-order valence-electron chi connectivity index (χ0n) is 9.95. The Hall–Kier alpha value is -1.14. The summed E-state index contributed by atoms with van der Waals surface area (Å²) in [6.07, 6.45) is 3.28. The van der Waals surface area contributed by atoms with E-state index >= 15 is 0 Å². The Morgan fingerprint density at radius 2 is 2.35 bits per heavy atom. The predicted molar refractivity (Wildman–Crippen MR) is 65.9 cm³/mol. The van der Waals surface area contributed by atoms with Gasteiger partial charge in [-0.15, -0.1) is 0 Å². The molecule has 0 saturated heterocycles. The highest BCUT2D eigenvalue weighted by Crippen LogP contribution is 2.35. The van der Waals surface area contributed by atoms with Crippen molar-refractivity contribution in [3.8, 4) is 0 Å². The second-order valence-corrected chi connectivity index (χ2v) is 5.33. The molecular formula is C11H16N2O3S. The number of carboxylic acids is 1. The van der Waals surface area contributed by atoms with E-state index in [0.717, 1.165) is 12.8 Å². The first kappa shape index (κ1) is 12.3. The highest BCUT2D eigenvalue weighted by Gasteiger charge is 2.36. The molecule has 1 fully saturated rings. The van der Waals surface area contributed by atoms with Gasteiger partial charge in [-0.25, -0.2) is 9.78 Å². The van der Waals surface area contributed by atoms with E-state index in [0.29, 0.717) is 22.2 Å². The van der Waals surface area contributed by atoms with E-state index in [-0.39, 0.29) is 5.60 Å². The average Bonchev–Trinajstić information content (AvgIpc) is 2.59. The molecule has 94 valence electrons. The number of aromatic nitrogens is 1. The minimum absolute atomic E-state index is 0.0804. The van der Waals surface area contributed by atoms with Crippen LogP contribution in [-0.4, -0.2) is 35.3 Å². The van der Waals surface area contributed by atoms with Gasteiger partial charge in [0.2, 0.25) is 0 Å². The van der Waals surface area contributed by atoms with Crippen LogP contribution in [0.15, 0.2) is 0 Å². The van der Waals surface area contributed by atoms with Crippen LogP contribution in [0.5, 0.6) is 0 Å². The quantitative estimate of drug-likeness (QED) is 0.844. The molecule has 1 aliphatic carbocycles. The second kappa shape index (κ2) is 4.62. The van der Waals surface area contributed by atoms with Crippen molar-refractivity contribution >= 4 is 22.4 Å². The summed E-state index contributed by atoms with van der Waals surface area (Å²) in [6, 6.07) is 0. The maximum atomic E-state index is 10.9. The number of ether oxygens (including phenoxy) is 1. The molecule has 6 heteroatoms. The number of carboxylic acid groups (broad SMARTS) is 1. The van der Waals surface area contributed by atoms with Crippen LogP contribution < -0.4 is 5.32 Å². The van der Waals surface area contributed by atoms with Crippen molar-refractivity contribution in [2.75, 3.05) is 19.0 Å². The van der Waals surface area contributed by atoms with Gasteiger partial charge < -0.3 is 15.2 Å². The topological polar surface area (TPSA) is 71.5 Å². The lowest BCUT2D eigenvalue weighted by atomic mass is 9.80. The summed E-state index contributed by atoms with van der Waals surface area (Å²) >= 11 is 1.18. The Labute approximate surface area is 104 Å². The van der Waals surface area contributed by atoms with Crippen molar-refractivity contribution in [1.82, 2.24) is 4.98 Å². The zero-order chi connectivity index (χ0) is 12.5. The molecule has 0 aliphatic heterocycles. The maximum Gasteiger partial charge on any atom is 0.347 e. The Morgan fingerprint density at radius 3 is 2.76 bits per heavy atom. The molecule has 17 heavy (non-hydrogen) atoms. The largest absolute Gasteiger partial charge is 0.477 e. The molecule has 0 unspecified atom stereocenters. The number of nitrogens with zero attached hydrogens (tertiary/aromatic N) is 1. The standard InChI is InChI=1S/C11H16N2O3S/c1-7-8(9(14)15)17-10(13-7)12-6-11(16-2)4-3-5-11/h3-6H2,1-2H3,(H,12,13)(H,14,15). The minimum Gasteiger partial charge on any atom is -0.477 e. The first-order valence-electron chi connectivity index (χ1n) is 5.56. The lowest BCUT2D eigenvalue weighted by molar-refractivity contribution is -0.0601. The summed E-state index contributed by atoms with van der Waals surface area (Å²) in [5.74, 6) is -0.918. The lowest BCUT2D eigenvalue weighted by Gasteiger charge is -2.40. The van der Waals surface area contributed by atoms with Crippen LogP contribution >= 0.6 is 11.3 Å². The third-order valence-electron chi connectivity index (χ3n) is 3.25. The van der Waals surface area contributed by atoms with E-state index in [1.54, 1.807) is 14.0 Å². The van der Waals surface area contributed by atoms with E-state index in [1.807, 2.05) is 0 Å². The number of anilines is 1. The monoisotopic (exact) mass is 256 g/mol. The number of nitrogens with one attached hydrogen (secondary N) is 1. The molecule has 2 rings (SSSR count). The van der Waals surface area contributed by atoms with Crippen molar-refractivity contribution in [1.29, 1.82) is 0 Å². The van der Waals surface area contributed by atoms with Crippen LogP contribution in [0, 0.1) is 6.92 Å². The number of rotatable bonds is 5. The summed E-state index contributed by atoms with van der Waals surface area (Å²) in [7, 11) is 1.72. The second-order valence-electron chi connectivity index (χ2n) is 4.33. The fourth-order valence-electron chi connectivity index (χ4n) is 1.93. The van der Waals surface area contributed by atoms with Crippen molar-refractivity contribution in [2.24, 2.45) is 0 Å². The minimum atomic E-state index is -0.918. The molecular weight excluding hydrogens is 240 g/mol. The number of thiazole rings is 1. The maximum absolute atomic E-state index is 10.9. The summed E-state index contributed by atoms with van der Waals surface area (Å²) in [4.78, 5) is 15.4. The SMILES string of the molecule is COC1(CNc2nc(C)c(C(=O)O)s2)CCC1. The van der Waals surface area contributed by atoms with Gasteiger partial charge in [0.05, 0.1) is 11.3 Å². The molecule has 1 aromatic heterocycles. The van der Waals surface area contributed by atoms with Crippen LogP contribution in [0.2, 0.25) is 0 Å². The van der Waals surface area contributed by atoms with Crippen LogP contribution in [0.3, 0.4) is 0 Å². The smallest absolute Gasteiger partial charge is 0.347 e. The molecule has 0 amide bonds. The Balaban J connectivity index is 1.99. The van der Waals surface area contributed by atoms with Crippen LogP contribution in [0.25, 0.3) is 0 Å². The molecule has 0 spiro atoms. The van der Waals surface area contributed by atoms with Gasteiger partial charge in [-0.1, -0.05) is 11.3 Å². The highest BCUT2D eigenvalue weighted by molar-refractivity contribution is 7.17. The molecule has 1 heterocycles. The fourth-order valence-corrected chi connectivity index (χ4v) is 2.73. The van der Waals surface area contributed by atoms with Crippen LogP contribution in [0.4, 0.5) is 5.13 Å². The van der Waals surface area contributed by atoms with E-state index in [9.17, 15) is 4.79 Å². The Morgan fingerprint density at radius 1 is 1.65 bits per heavy atom. The van der Waals surface area contributed by atoms with E-state index in [2.05, 4.69) is 10.3 Å². The number of methoxy groups -OCH3 is 1. The molecule has 1 saturated carbocycles. The Kier molecular flexibility index (Phi) is 3.35. The third kappa shape index (κ3) is 2.42. The molecule has 5 nitrogen and oxygen atoms in total. The van der Waals surface area contributed by atoms with E-state index in [4.69, 9.17) is 9.84 Å². The van der Waals surface area contributed by atoms with E-state index < -0.39 is 5.97 Å². The number of hydrogen-bond donors (Lipinski definition) is 2. The number of hydrogen-bond acceptors (Lipinski definition) is 5. The Bertz CT molecular complexity index is 421. The van der Waals surface area contributed by atoms with Gasteiger partial charge in [-0.05, 0) is 26.2 Å². The summed E-state index contributed by atoms with van der Waals surface area (Å²) in [6.45, 7) is 2.40. The van der Waals surface area contributed by atoms with Gasteiger partial charge in [0.15, 0.2) is 5.13 Å². The zero-order valence-corrected chi connectivity index (χ0v) is 10.8. The molecule has 0 bridgehead atoms. The third-order valence-corrected chi connectivity index (χ3v) is 4.35. The van der Waals surface area contributed by atoms with Crippen LogP contribution in [0.1, 0.15) is 34.6 Å². The number of aromatic carboxylic acids is 1. The predicted octanol–water partition coefficient (Wildman–Crippen LogP) is 2.13. The van der Waals surface area contributed by atoms with Crippen molar-refractivity contribution in [3.05, 3.63) is 10.6 Å². The van der Waals surface area contributed by atoms with Crippen molar-refractivity contribution < 1.29 is 14.6 Å². The molecule has 1 aliphatic rings. The molecule has 0 aromatic carbocycles. The molecule has 0 radical (unpaired) electrons. The first-order chi connectivity index (χ1) is 8.06. The number of aryl methyl sites for hydroxylation is 1. The van der Waals surface area contributed by atoms with E-state index in [1.165, 1.54) is 17.8 Å². The summed E-state index contributed by atoms with van der Waals surface area (Å²) in [5.41, 5.74) is 0.480. The summed E-state index contributed by atoms with van der Waals surface area (Å²) in [5, 5.41) is 12.8. The van der Waals surface area contributed by atoms with Crippen LogP contribution in [-0.2, 0) is 4.74 Å².